The van der Waals surface area contributed by atoms with Crippen LogP contribution in [0, 0.1) is 0 Å². The molecule has 0 aliphatic carbocycles. The molecule has 0 aromatic heterocycles. The Bertz CT molecular complexity index is 9.61. The Morgan fingerprint density at radius 1 is 1.20 bits per heavy atom. The van der Waals surface area contributed by atoms with Crippen LogP contribution in [-0.4, -0.2) is 18.9 Å². The topological polar surface area (TPSA) is 0 Å². The van der Waals surface area contributed by atoms with Gasteiger partial charge in [0.15, 0.2) is 0 Å². The molecule has 0 unspecified atom stereocenters. The molecule has 0 bridgehead atoms. The van der Waals surface area contributed by atoms with Gasteiger partial charge in [-0.2, -0.15) is 0 Å². The van der Waals surface area contributed by atoms with E-state index in [0.29, 0.717) is 10.2 Å². The standard InChI is InChI=1S/Cl2S.Fe.Li/c1-3-2;;. The summed E-state index contributed by atoms with van der Waals surface area (Å²) in [5, 5.41) is 0. The van der Waals surface area contributed by atoms with Gasteiger partial charge in [-0.25, -0.2) is 0 Å². The van der Waals surface area contributed by atoms with E-state index in [1.807, 2.05) is 0 Å². The van der Waals surface area contributed by atoms with Crippen LogP contribution in [0.2, 0.25) is 0 Å². The molecule has 0 nitrogen and oxygen atoms in total. The number of halogens is 2. The fourth-order valence-corrected chi connectivity index (χ4v) is 0. The Hall–Kier alpha value is 2.05. The summed E-state index contributed by atoms with van der Waals surface area (Å²) in [6, 6.07) is 0. The van der Waals surface area contributed by atoms with Crippen molar-refractivity contribution in [2.45, 2.75) is 0 Å². The summed E-state index contributed by atoms with van der Waals surface area (Å²) in [5.41, 5.74) is 0. The van der Waals surface area contributed by atoms with Gasteiger partial charge in [0.05, 0.1) is 10.2 Å². The van der Waals surface area contributed by atoms with E-state index in [4.69, 9.17) is 0 Å². The molecule has 0 saturated carbocycles. The van der Waals surface area contributed by atoms with Crippen molar-refractivity contribution >= 4 is 50.4 Å². The van der Waals surface area contributed by atoms with Crippen molar-refractivity contribution in [3.8, 4) is 0 Å². The number of rotatable bonds is 0. The monoisotopic (exact) mass is 165 g/mol. The minimum absolute atomic E-state index is 0. The van der Waals surface area contributed by atoms with Crippen molar-refractivity contribution in [2.24, 2.45) is 0 Å². The zero-order valence-corrected chi connectivity index (χ0v) is 5.95. The van der Waals surface area contributed by atoms with Gasteiger partial charge in [-0.1, -0.05) is 0 Å². The zero-order chi connectivity index (χ0) is 2.71. The summed E-state index contributed by atoms with van der Waals surface area (Å²) in [6.07, 6.45) is 0. The molecule has 0 fully saturated rings. The van der Waals surface area contributed by atoms with Crippen molar-refractivity contribution in [1.82, 2.24) is 0 Å². The first kappa shape index (κ1) is 15.7. The predicted octanol–water partition coefficient (Wildman–Crippen LogP) is 1.64. The molecule has 0 aliphatic rings. The second kappa shape index (κ2) is 16.6. The van der Waals surface area contributed by atoms with E-state index in [1.165, 1.54) is 0 Å². The SMILES string of the molecule is ClSCl.[Fe].[Li]. The van der Waals surface area contributed by atoms with E-state index in [9.17, 15) is 0 Å². The number of hydrogen-bond acceptors (Lipinski definition) is 1. The minimum Gasteiger partial charge on any atom is -0.0261 e. The van der Waals surface area contributed by atoms with E-state index in [-0.39, 0.29) is 35.9 Å². The Kier molecular flexibility index (Phi) is 52.2. The maximum absolute atomic E-state index is 4.68. The van der Waals surface area contributed by atoms with Gasteiger partial charge in [0.25, 0.3) is 0 Å². The Balaban J connectivity index is -0.0000000200. The molecule has 0 aromatic rings. The van der Waals surface area contributed by atoms with Crippen LogP contribution in [0.15, 0.2) is 0 Å². The van der Waals surface area contributed by atoms with Crippen LogP contribution in [-0.2, 0) is 17.1 Å². The third-order valence-corrected chi connectivity index (χ3v) is 0. The van der Waals surface area contributed by atoms with Crippen molar-refractivity contribution in [3.05, 3.63) is 0 Å². The maximum atomic E-state index is 4.68. The van der Waals surface area contributed by atoms with Gasteiger partial charge in [0, 0.05) is 35.9 Å². The van der Waals surface area contributed by atoms with E-state index in [2.05, 4.69) is 21.4 Å². The molecular weight excluding hydrogens is 166 g/mol. The van der Waals surface area contributed by atoms with Gasteiger partial charge in [0.2, 0.25) is 0 Å². The molecule has 0 saturated heterocycles. The smallest absolute Gasteiger partial charge is 0.0261 e. The molecule has 0 rings (SSSR count). The fraction of sp³-hybridized carbons (Fsp3) is 0. The van der Waals surface area contributed by atoms with Gasteiger partial charge < -0.3 is 0 Å². The van der Waals surface area contributed by atoms with Crippen molar-refractivity contribution in [1.29, 1.82) is 0 Å². The molecule has 0 heterocycles. The van der Waals surface area contributed by atoms with Gasteiger partial charge in [-0.15, -0.1) is 0 Å². The van der Waals surface area contributed by atoms with Crippen LogP contribution in [0.1, 0.15) is 0 Å². The Labute approximate surface area is 67.0 Å². The van der Waals surface area contributed by atoms with Crippen LogP contribution in [0.5, 0.6) is 0 Å². The molecule has 1 radical (unpaired) electrons. The van der Waals surface area contributed by atoms with Crippen LogP contribution in [0.3, 0.4) is 0 Å². The zero-order valence-electron chi connectivity index (χ0n) is 2.52. The van der Waals surface area contributed by atoms with Gasteiger partial charge in [-0.3, -0.25) is 0 Å². The van der Waals surface area contributed by atoms with Crippen LogP contribution in [0.25, 0.3) is 0 Å². The second-order valence-electron chi connectivity index (χ2n) is 0.0583. The van der Waals surface area contributed by atoms with Crippen LogP contribution < -0.4 is 0 Å². The average molecular weight is 166 g/mol. The van der Waals surface area contributed by atoms with Crippen molar-refractivity contribution in [2.75, 3.05) is 0 Å². The Morgan fingerprint density at radius 3 is 1.20 bits per heavy atom. The molecule has 5 heavy (non-hydrogen) atoms. The minimum atomic E-state index is 0. The largest absolute Gasteiger partial charge is 0.0523 e. The summed E-state index contributed by atoms with van der Waals surface area (Å²) in [6.45, 7) is 0. The van der Waals surface area contributed by atoms with E-state index < -0.39 is 0 Å². The first-order valence-corrected chi connectivity index (χ1v) is 2.78. The quantitative estimate of drug-likeness (QED) is 0.492. The van der Waals surface area contributed by atoms with Gasteiger partial charge >= 0.3 is 0 Å². The first-order valence-electron chi connectivity index (χ1n) is 0.309. The molecule has 0 aromatic carbocycles. The van der Waals surface area contributed by atoms with E-state index in [0.717, 1.165) is 0 Å². The Morgan fingerprint density at radius 2 is 1.20 bits per heavy atom. The molecule has 0 N–H and O–H groups in total. The fourth-order valence-electron chi connectivity index (χ4n) is 0. The normalized spacial score (nSPS) is 3.60. The second-order valence-corrected chi connectivity index (χ2v) is 1.57. The summed E-state index contributed by atoms with van der Waals surface area (Å²) in [4.78, 5) is 0. The van der Waals surface area contributed by atoms with Crippen molar-refractivity contribution in [3.63, 3.8) is 0 Å². The van der Waals surface area contributed by atoms with Crippen LogP contribution in [0.4, 0.5) is 0 Å². The van der Waals surface area contributed by atoms with E-state index >= 15 is 0 Å². The summed E-state index contributed by atoms with van der Waals surface area (Å²) in [7, 11) is 10.1. The van der Waals surface area contributed by atoms with Gasteiger partial charge in [-0.05, 0) is 21.4 Å². The van der Waals surface area contributed by atoms with Crippen molar-refractivity contribution < 1.29 is 17.1 Å². The third-order valence-electron chi connectivity index (χ3n) is 0. The van der Waals surface area contributed by atoms with Crippen LogP contribution >= 0.6 is 31.6 Å². The van der Waals surface area contributed by atoms with E-state index in [1.54, 1.807) is 0 Å². The summed E-state index contributed by atoms with van der Waals surface area (Å²) < 4.78 is 0. The predicted molar refractivity (Wildman–Crippen MR) is 25.1 cm³/mol. The first-order chi connectivity index (χ1) is 1.41. The maximum Gasteiger partial charge on any atom is 0.0523 e. The molecule has 5 heteroatoms. The summed E-state index contributed by atoms with van der Waals surface area (Å²) >= 11 is 0. The molecular formula is Cl2FeLiS. The van der Waals surface area contributed by atoms with Gasteiger partial charge in [0.1, 0.15) is 0 Å². The molecule has 0 atom stereocenters. The third kappa shape index (κ3) is 23.6. The average Bonchev–Trinajstić information content (AvgIpc) is 0.918. The summed E-state index contributed by atoms with van der Waals surface area (Å²) in [5.74, 6) is 0. The molecule has 29 valence electrons. The number of hydrogen-bond donors (Lipinski definition) is 0. The molecule has 0 aliphatic heterocycles. The molecule has 0 amide bonds. The molecule has 0 spiro atoms.